The smallest absolute Gasteiger partial charge is 0.161 e. The summed E-state index contributed by atoms with van der Waals surface area (Å²) in [6.45, 7) is 2.19. The minimum absolute atomic E-state index is 0. The van der Waals surface area contributed by atoms with Gasteiger partial charge in [-0.05, 0) is 18.1 Å². The van der Waals surface area contributed by atoms with Gasteiger partial charge < -0.3 is 4.98 Å². The maximum atomic E-state index is 4.16. The van der Waals surface area contributed by atoms with Crippen molar-refractivity contribution in [2.45, 2.75) is 50.7 Å². The van der Waals surface area contributed by atoms with Crippen LogP contribution in [0.3, 0.4) is 0 Å². The van der Waals surface area contributed by atoms with Crippen LogP contribution in [0, 0.1) is 19.2 Å². The molecule has 1 saturated heterocycles. The zero-order chi connectivity index (χ0) is 19.1. The van der Waals surface area contributed by atoms with Gasteiger partial charge in [-0.1, -0.05) is 62.3 Å². The van der Waals surface area contributed by atoms with Crippen molar-refractivity contribution < 1.29 is 37.3 Å². The third-order valence-corrected chi connectivity index (χ3v) is 12.4. The van der Waals surface area contributed by atoms with Gasteiger partial charge in [0.25, 0.3) is 0 Å². The molecule has 148 valence electrons. The molecule has 2 nitrogen and oxygen atoms in total. The third-order valence-electron chi connectivity index (χ3n) is 6.90. The molecule has 0 unspecified atom stereocenters. The zero-order valence-corrected chi connectivity index (χ0v) is 21.9. The van der Waals surface area contributed by atoms with Crippen LogP contribution in [0.25, 0.3) is 22.4 Å². The maximum absolute atomic E-state index is 4.16. The molecule has 0 bridgehead atoms. The summed E-state index contributed by atoms with van der Waals surface area (Å²) in [5.41, 5.74) is 7.44. The van der Waals surface area contributed by atoms with E-state index in [0.717, 1.165) is 11.1 Å². The Morgan fingerprint density at radius 1 is 1.03 bits per heavy atom. The molecule has 5 heteroatoms. The van der Waals surface area contributed by atoms with Crippen LogP contribution in [0.1, 0.15) is 30.4 Å². The van der Waals surface area contributed by atoms with Crippen LogP contribution in [0.2, 0.25) is 18.1 Å². The molecule has 2 aromatic heterocycles. The van der Waals surface area contributed by atoms with E-state index >= 15 is 0 Å². The number of fused-ring (bicyclic) bond motifs is 2. The summed E-state index contributed by atoms with van der Waals surface area (Å²) in [6, 6.07) is 19.0. The van der Waals surface area contributed by atoms with Crippen molar-refractivity contribution in [3.8, 4) is 22.4 Å². The summed E-state index contributed by atoms with van der Waals surface area (Å²) in [7, 11) is 1.00. The topological polar surface area (TPSA) is 16.8 Å². The first-order chi connectivity index (χ1) is 13.7. The van der Waals surface area contributed by atoms with E-state index in [4.69, 9.17) is 0 Å². The Hall–Kier alpha value is -1.09. The van der Waals surface area contributed by atoms with Gasteiger partial charge in [-0.3, -0.25) is 0 Å². The predicted octanol–water partition coefficient (Wildman–Crippen LogP) is 4.16. The van der Waals surface area contributed by atoms with Crippen LogP contribution in [-0.2, 0) is 46.2 Å². The minimum Gasteiger partial charge on any atom is -0.369 e. The molecule has 2 aliphatic rings. The first-order valence-electron chi connectivity index (χ1n) is 10.6. The van der Waals surface area contributed by atoms with Crippen molar-refractivity contribution >= 4 is 21.7 Å². The maximum Gasteiger partial charge on any atom is 0.161 e. The number of hydrogen-bond donors (Lipinski definition) is 0. The molecule has 0 atom stereocenters. The quantitative estimate of drug-likeness (QED) is 0.304. The van der Waals surface area contributed by atoms with Crippen molar-refractivity contribution in [3.05, 3.63) is 66.1 Å². The normalized spacial score (nSPS) is 16.5. The van der Waals surface area contributed by atoms with Crippen LogP contribution in [0.15, 0.2) is 42.7 Å². The van der Waals surface area contributed by atoms with Gasteiger partial charge >= 0.3 is 0 Å². The number of hydrogen-bond acceptors (Lipinski definition) is 1. The molecule has 1 spiro atoms. The van der Waals surface area contributed by atoms with Gasteiger partial charge in [0.05, 0.1) is 8.07 Å². The minimum atomic E-state index is -1.22. The Kier molecular flexibility index (Phi) is 7.53. The van der Waals surface area contributed by atoms with Crippen molar-refractivity contribution in [2.75, 3.05) is 0 Å². The fourth-order valence-electron chi connectivity index (χ4n) is 5.41. The summed E-state index contributed by atoms with van der Waals surface area (Å²) >= 11 is 0. The second kappa shape index (κ2) is 9.59. The molecule has 3 aromatic rings. The average Bonchev–Trinajstić information content (AvgIpc) is 3.19. The number of rotatable bonds is 2. The summed E-state index contributed by atoms with van der Waals surface area (Å²) in [6.07, 6.45) is 12.9. The monoisotopic (exact) mass is 483 g/mol. The van der Waals surface area contributed by atoms with Crippen molar-refractivity contribution in [1.29, 1.82) is 0 Å². The van der Waals surface area contributed by atoms with Crippen LogP contribution < -0.4 is 9.75 Å². The number of aryl methyl sites for hydroxylation is 3. The molecule has 0 N–H and O–H groups in total. The number of aromatic nitrogens is 2. The second-order valence-corrected chi connectivity index (χ2v) is 13.2. The van der Waals surface area contributed by atoms with E-state index in [2.05, 4.69) is 66.2 Å². The third kappa shape index (κ3) is 4.16. The first-order valence-corrected chi connectivity index (χ1v) is 13.2. The second-order valence-electron chi connectivity index (χ2n) is 8.64. The van der Waals surface area contributed by atoms with Crippen LogP contribution in [-0.4, -0.2) is 21.5 Å². The van der Waals surface area contributed by atoms with E-state index < -0.39 is 8.07 Å². The van der Waals surface area contributed by atoms with Gasteiger partial charge in [0.1, 0.15) is 12.7 Å². The Morgan fingerprint density at radius 3 is 2.53 bits per heavy atom. The van der Waals surface area contributed by atoms with Crippen LogP contribution >= 0.6 is 0 Å². The van der Waals surface area contributed by atoms with E-state index in [1.54, 1.807) is 16.9 Å². The standard InChI is InChI=1S/C25H27N2Si.B.Y/c1-19-9-10-20(22-7-5-11-26-17-22)15-23(19)24-16-21-8-6-14-28(12-3-4-13-28)25(21)18-27(24)2;;/h5,7,9-11,16,18H,3-4,6,8,12-14H2,1-2H3;;/q-1;;. The van der Waals surface area contributed by atoms with Gasteiger partial charge in [0.2, 0.25) is 0 Å². The Labute approximate surface area is 209 Å². The summed E-state index contributed by atoms with van der Waals surface area (Å²) in [5.74, 6) is 0. The first kappa shape index (κ1) is 23.6. The Balaban J connectivity index is 0.00000128. The molecule has 0 saturated carbocycles. The molecule has 30 heavy (non-hydrogen) atoms. The molecule has 4 heterocycles. The fourth-order valence-corrected chi connectivity index (χ4v) is 11.0. The number of pyridine rings is 2. The summed E-state index contributed by atoms with van der Waals surface area (Å²) < 4.78 is 2.37. The molecule has 0 amide bonds. The van der Waals surface area contributed by atoms with Gasteiger partial charge in [-0.2, -0.15) is 29.3 Å². The Morgan fingerprint density at radius 2 is 1.80 bits per heavy atom. The molecular formula is C25H27BN2SiY-. The van der Waals surface area contributed by atoms with E-state index in [-0.39, 0.29) is 41.1 Å². The van der Waals surface area contributed by atoms with Crippen molar-refractivity contribution in [2.24, 2.45) is 7.05 Å². The van der Waals surface area contributed by atoms with E-state index in [0.29, 0.717) is 0 Å². The van der Waals surface area contributed by atoms with E-state index in [9.17, 15) is 0 Å². The van der Waals surface area contributed by atoms with Crippen molar-refractivity contribution in [3.63, 3.8) is 0 Å². The van der Waals surface area contributed by atoms with E-state index in [1.807, 2.05) is 6.07 Å². The van der Waals surface area contributed by atoms with Gasteiger partial charge in [0, 0.05) is 46.3 Å². The van der Waals surface area contributed by atoms with Gasteiger partial charge in [0.15, 0.2) is 6.20 Å². The largest absolute Gasteiger partial charge is 0.369 e. The van der Waals surface area contributed by atoms with Crippen molar-refractivity contribution in [1.82, 2.24) is 4.98 Å². The molecule has 0 aliphatic carbocycles. The zero-order valence-electron chi connectivity index (χ0n) is 18.0. The van der Waals surface area contributed by atoms with Gasteiger partial charge in [-0.15, -0.1) is 17.7 Å². The average molecular weight is 483 g/mol. The van der Waals surface area contributed by atoms with E-state index in [1.165, 1.54) is 60.6 Å². The fraction of sp³-hybridized carbons (Fsp3) is 0.360. The SMILES string of the molecule is Cc1ccc(-c2[c-]nccc2)[c-]c1-c1cc2c(c[n+]1C)[Si]1(CCCC1)CCC2.[B].[Y]. The molecule has 1 aromatic carbocycles. The van der Waals surface area contributed by atoms with Gasteiger partial charge in [-0.25, -0.2) is 4.57 Å². The van der Waals surface area contributed by atoms with Crippen LogP contribution in [0.4, 0.5) is 0 Å². The molecule has 4 radical (unpaired) electrons. The summed E-state index contributed by atoms with van der Waals surface area (Å²) in [4.78, 5) is 4.16. The molecule has 1 fully saturated rings. The predicted molar refractivity (Wildman–Crippen MR) is 122 cm³/mol. The Bertz CT molecular complexity index is 1030. The van der Waals surface area contributed by atoms with Crippen LogP contribution in [0.5, 0.6) is 0 Å². The summed E-state index contributed by atoms with van der Waals surface area (Å²) in [5, 5.41) is 1.76. The molecular weight excluding hydrogens is 456 g/mol. The molecule has 5 rings (SSSR count). The number of nitrogens with zero attached hydrogens (tertiary/aromatic N) is 2. The number of benzene rings is 1. The molecule has 2 aliphatic heterocycles.